The number of rotatable bonds is 8. The first kappa shape index (κ1) is 17.8. The van der Waals surface area contributed by atoms with E-state index >= 15 is 0 Å². The van der Waals surface area contributed by atoms with Crippen LogP contribution in [0.2, 0.25) is 0 Å². The summed E-state index contributed by atoms with van der Waals surface area (Å²) in [6.45, 7) is 6.58. The monoisotopic (exact) mass is 326 g/mol. The third kappa shape index (κ3) is 5.87. The van der Waals surface area contributed by atoms with Crippen LogP contribution in [-0.4, -0.2) is 101 Å². The van der Waals surface area contributed by atoms with Crippen LogP contribution in [0, 0.1) is 10.1 Å². The molecule has 2 heterocycles. The molecule has 0 saturated carbocycles. The van der Waals surface area contributed by atoms with Crippen molar-refractivity contribution in [2.24, 2.45) is 0 Å². The van der Waals surface area contributed by atoms with Gasteiger partial charge in [-0.15, -0.1) is 0 Å². The Balaban J connectivity index is 1.67. The van der Waals surface area contributed by atoms with Gasteiger partial charge in [-0.05, 0) is 14.1 Å². The maximum atomic E-state index is 10.6. The summed E-state index contributed by atoms with van der Waals surface area (Å²) in [5.41, 5.74) is 0.00255. The average molecular weight is 326 g/mol. The lowest BCUT2D eigenvalue weighted by molar-refractivity contribution is -0.385. The van der Waals surface area contributed by atoms with Gasteiger partial charge >= 0.3 is 5.69 Å². The molecular weight excluding hydrogens is 300 g/mol. The molecule has 1 aliphatic heterocycles. The van der Waals surface area contributed by atoms with E-state index in [0.29, 0.717) is 26.2 Å². The molecule has 1 atom stereocenters. The van der Waals surface area contributed by atoms with Crippen molar-refractivity contribution in [1.29, 1.82) is 0 Å². The number of aromatic nitrogens is 2. The molecule has 0 amide bonds. The number of nitrogens with zero attached hydrogens (tertiary/aromatic N) is 6. The number of nitro groups is 1. The predicted molar refractivity (Wildman–Crippen MR) is 86.3 cm³/mol. The van der Waals surface area contributed by atoms with Crippen LogP contribution in [0.4, 0.5) is 5.69 Å². The molecular formula is C14H26N6O3. The highest BCUT2D eigenvalue weighted by atomic mass is 16.6. The van der Waals surface area contributed by atoms with Crippen LogP contribution in [0.25, 0.3) is 0 Å². The van der Waals surface area contributed by atoms with Crippen molar-refractivity contribution < 1.29 is 10.0 Å². The summed E-state index contributed by atoms with van der Waals surface area (Å²) in [4.78, 5) is 16.8. The molecule has 1 saturated heterocycles. The minimum Gasteiger partial charge on any atom is -0.390 e. The zero-order chi connectivity index (χ0) is 16.8. The minimum absolute atomic E-state index is 0.00255. The summed E-state index contributed by atoms with van der Waals surface area (Å²) in [6.07, 6.45) is 2.28. The van der Waals surface area contributed by atoms with Gasteiger partial charge in [0.1, 0.15) is 12.4 Å². The van der Waals surface area contributed by atoms with Crippen molar-refractivity contribution in [3.8, 4) is 0 Å². The molecule has 0 aliphatic carbocycles. The molecule has 1 aliphatic rings. The van der Waals surface area contributed by atoms with E-state index in [9.17, 15) is 15.2 Å². The lowest BCUT2D eigenvalue weighted by Gasteiger charge is -2.34. The van der Waals surface area contributed by atoms with Crippen molar-refractivity contribution in [2.45, 2.75) is 12.6 Å². The molecule has 0 bridgehead atoms. The van der Waals surface area contributed by atoms with Gasteiger partial charge < -0.3 is 14.9 Å². The quantitative estimate of drug-likeness (QED) is 0.500. The number of likely N-dealkylation sites (N-methyl/N-ethyl adjacent to an activating group) is 2. The Hall–Kier alpha value is -1.55. The second kappa shape index (κ2) is 8.34. The summed E-state index contributed by atoms with van der Waals surface area (Å²) < 4.78 is 1.56. The third-order valence-corrected chi connectivity index (χ3v) is 4.13. The molecule has 1 N–H and O–H groups in total. The highest BCUT2D eigenvalue weighted by molar-refractivity contribution is 5.20. The molecule has 0 aromatic carbocycles. The number of aliphatic hydroxyl groups excluding tert-OH is 1. The highest BCUT2D eigenvalue weighted by Crippen LogP contribution is 2.07. The lowest BCUT2D eigenvalue weighted by atomic mass is 10.2. The number of β-amino-alcohol motifs (C(OH)–C–C–N with tert-alkyl or cyclic N) is 1. The van der Waals surface area contributed by atoms with E-state index < -0.39 is 11.0 Å². The lowest BCUT2D eigenvalue weighted by Crippen LogP contribution is -2.48. The van der Waals surface area contributed by atoms with Crippen LogP contribution in [0.1, 0.15) is 0 Å². The second-order valence-corrected chi connectivity index (χ2v) is 6.24. The number of aliphatic hydroxyl groups is 1. The van der Waals surface area contributed by atoms with Gasteiger partial charge in [0.25, 0.3) is 0 Å². The molecule has 0 radical (unpaired) electrons. The van der Waals surface area contributed by atoms with Gasteiger partial charge in [-0.1, -0.05) is 0 Å². The van der Waals surface area contributed by atoms with Gasteiger partial charge in [0.15, 0.2) is 0 Å². The molecule has 2 rings (SSSR count). The van der Waals surface area contributed by atoms with E-state index in [2.05, 4.69) is 21.9 Å². The Kier molecular flexibility index (Phi) is 6.46. The summed E-state index contributed by atoms with van der Waals surface area (Å²) in [5, 5.41) is 24.8. The van der Waals surface area contributed by atoms with Gasteiger partial charge in [-0.25, -0.2) is 0 Å². The molecule has 1 unspecified atom stereocenters. The van der Waals surface area contributed by atoms with E-state index in [1.807, 2.05) is 11.9 Å². The standard InChI is InChI=1S/C14H26N6O3/c1-16-3-6-18(7-4-16)12-14(21)11-17(2)5-8-19-10-13(9-15-19)20(22)23/h9-10,14,21H,3-8,11-12H2,1-2H3. The van der Waals surface area contributed by atoms with Crippen LogP contribution in [0.3, 0.4) is 0 Å². The molecule has 1 aromatic heterocycles. The van der Waals surface area contributed by atoms with Crippen molar-refractivity contribution in [2.75, 3.05) is 59.9 Å². The van der Waals surface area contributed by atoms with Crippen molar-refractivity contribution in [1.82, 2.24) is 24.5 Å². The van der Waals surface area contributed by atoms with Gasteiger partial charge in [-0.3, -0.25) is 19.7 Å². The fraction of sp³-hybridized carbons (Fsp3) is 0.786. The summed E-state index contributed by atoms with van der Waals surface area (Å²) in [7, 11) is 4.05. The maximum absolute atomic E-state index is 10.6. The first-order chi connectivity index (χ1) is 10.9. The Labute approximate surface area is 136 Å². The number of hydrogen-bond donors (Lipinski definition) is 1. The van der Waals surface area contributed by atoms with Crippen molar-refractivity contribution in [3.63, 3.8) is 0 Å². The zero-order valence-corrected chi connectivity index (χ0v) is 13.8. The van der Waals surface area contributed by atoms with Crippen molar-refractivity contribution in [3.05, 3.63) is 22.5 Å². The van der Waals surface area contributed by atoms with Crippen LogP contribution >= 0.6 is 0 Å². The largest absolute Gasteiger partial charge is 0.390 e. The summed E-state index contributed by atoms with van der Waals surface area (Å²) in [6, 6.07) is 0. The molecule has 0 spiro atoms. The van der Waals surface area contributed by atoms with Gasteiger partial charge in [-0.2, -0.15) is 5.10 Å². The van der Waals surface area contributed by atoms with Crippen LogP contribution < -0.4 is 0 Å². The minimum atomic E-state index is -0.451. The molecule has 1 aromatic rings. The maximum Gasteiger partial charge on any atom is 0.306 e. The predicted octanol–water partition coefficient (Wildman–Crippen LogP) is -0.669. The smallest absolute Gasteiger partial charge is 0.306 e. The van der Waals surface area contributed by atoms with Crippen LogP contribution in [0.15, 0.2) is 12.4 Å². The van der Waals surface area contributed by atoms with Gasteiger partial charge in [0.05, 0.1) is 17.6 Å². The Bertz CT molecular complexity index is 500. The molecule has 1 fully saturated rings. The summed E-state index contributed by atoms with van der Waals surface area (Å²) in [5.74, 6) is 0. The zero-order valence-electron chi connectivity index (χ0n) is 13.8. The highest BCUT2D eigenvalue weighted by Gasteiger charge is 2.18. The first-order valence-corrected chi connectivity index (χ1v) is 7.88. The first-order valence-electron chi connectivity index (χ1n) is 7.88. The van der Waals surface area contributed by atoms with Crippen molar-refractivity contribution >= 4 is 5.69 Å². The summed E-state index contributed by atoms with van der Waals surface area (Å²) >= 11 is 0. The fourth-order valence-corrected chi connectivity index (χ4v) is 2.68. The third-order valence-electron chi connectivity index (χ3n) is 4.13. The van der Waals surface area contributed by atoms with E-state index in [1.165, 1.54) is 12.4 Å². The Morgan fingerprint density at radius 2 is 2.13 bits per heavy atom. The van der Waals surface area contributed by atoms with Gasteiger partial charge in [0.2, 0.25) is 0 Å². The van der Waals surface area contributed by atoms with E-state index in [0.717, 1.165) is 26.2 Å². The molecule has 23 heavy (non-hydrogen) atoms. The average Bonchev–Trinajstić information content (AvgIpc) is 2.97. The second-order valence-electron chi connectivity index (χ2n) is 6.24. The molecule has 9 nitrogen and oxygen atoms in total. The number of piperazine rings is 1. The topological polar surface area (TPSA) is 90.9 Å². The van der Waals surface area contributed by atoms with E-state index in [4.69, 9.17) is 0 Å². The Morgan fingerprint density at radius 3 is 2.74 bits per heavy atom. The van der Waals surface area contributed by atoms with Crippen LogP contribution in [-0.2, 0) is 6.54 Å². The number of hydrogen-bond acceptors (Lipinski definition) is 7. The molecule has 130 valence electrons. The fourth-order valence-electron chi connectivity index (χ4n) is 2.68. The Morgan fingerprint density at radius 1 is 1.43 bits per heavy atom. The van der Waals surface area contributed by atoms with E-state index in [-0.39, 0.29) is 5.69 Å². The molecule has 9 heteroatoms. The van der Waals surface area contributed by atoms with E-state index in [1.54, 1.807) is 4.68 Å². The van der Waals surface area contributed by atoms with Gasteiger partial charge in [0, 0.05) is 45.8 Å². The normalized spacial score (nSPS) is 18.4. The van der Waals surface area contributed by atoms with Crippen LogP contribution in [0.5, 0.6) is 0 Å². The SMILES string of the molecule is CN1CCN(CC(O)CN(C)CCn2cc([N+](=O)[O-])cn2)CC1.